The van der Waals surface area contributed by atoms with E-state index in [-0.39, 0.29) is 12.5 Å². The summed E-state index contributed by atoms with van der Waals surface area (Å²) in [7, 11) is 1.55. The Morgan fingerprint density at radius 1 is 1.07 bits per heavy atom. The number of amides is 2. The van der Waals surface area contributed by atoms with Crippen LogP contribution in [0.5, 0.6) is 5.75 Å². The van der Waals surface area contributed by atoms with Gasteiger partial charge < -0.3 is 15.2 Å². The molecule has 0 saturated heterocycles. The topological polar surface area (TPSA) is 78.9 Å². The molecule has 6 heteroatoms. The Hall–Kier alpha value is -3.64. The summed E-state index contributed by atoms with van der Waals surface area (Å²) in [5, 5.41) is 14.3. The van der Waals surface area contributed by atoms with Crippen LogP contribution in [0.15, 0.2) is 72.8 Å². The van der Waals surface area contributed by atoms with E-state index in [1.54, 1.807) is 67.8 Å². The average molecular weight is 402 g/mol. The van der Waals surface area contributed by atoms with Crippen molar-refractivity contribution in [3.05, 3.63) is 89.5 Å². The summed E-state index contributed by atoms with van der Waals surface area (Å²) >= 11 is 0. The fraction of sp³-hybridized carbons (Fsp3) is 0.167. The lowest BCUT2D eigenvalue weighted by molar-refractivity contribution is -0.133. The highest BCUT2D eigenvalue weighted by atomic mass is 16.5. The van der Waals surface area contributed by atoms with Gasteiger partial charge in [0, 0.05) is 17.3 Å². The number of para-hydroxylation sites is 1. The summed E-state index contributed by atoms with van der Waals surface area (Å²) in [5.74, 6) is -0.308. The molecule has 4 rings (SSSR count). The molecule has 1 atom stereocenters. The Bertz CT molecular complexity index is 1110. The summed E-state index contributed by atoms with van der Waals surface area (Å²) in [6.07, 6.45) is 0. The first-order chi connectivity index (χ1) is 14.4. The number of anilines is 2. The molecule has 0 aromatic heterocycles. The zero-order valence-electron chi connectivity index (χ0n) is 16.8. The van der Waals surface area contributed by atoms with Crippen molar-refractivity contribution in [3.8, 4) is 5.75 Å². The van der Waals surface area contributed by atoms with Crippen LogP contribution in [0.2, 0.25) is 0 Å². The molecule has 0 saturated carbocycles. The molecule has 1 aliphatic heterocycles. The Labute approximate surface area is 174 Å². The minimum absolute atomic E-state index is 0.221. The second-order valence-corrected chi connectivity index (χ2v) is 7.27. The molecule has 0 aliphatic carbocycles. The van der Waals surface area contributed by atoms with Gasteiger partial charge in [-0.05, 0) is 30.7 Å². The van der Waals surface area contributed by atoms with Crippen LogP contribution in [0.1, 0.15) is 16.7 Å². The van der Waals surface area contributed by atoms with Crippen molar-refractivity contribution in [2.75, 3.05) is 23.9 Å². The highest BCUT2D eigenvalue weighted by molar-refractivity contribution is 6.12. The summed E-state index contributed by atoms with van der Waals surface area (Å²) < 4.78 is 5.17. The third-order valence-electron chi connectivity index (χ3n) is 5.26. The van der Waals surface area contributed by atoms with Gasteiger partial charge in [0.2, 0.25) is 5.91 Å². The maximum atomic E-state index is 13.3. The van der Waals surface area contributed by atoms with E-state index in [4.69, 9.17) is 4.74 Å². The number of hydrogen-bond acceptors (Lipinski definition) is 4. The molecule has 0 radical (unpaired) electrons. The lowest BCUT2D eigenvalue weighted by Crippen LogP contribution is -2.44. The maximum absolute atomic E-state index is 13.3. The number of aryl methyl sites for hydroxylation is 1. The molecule has 3 aromatic rings. The smallest absolute Gasteiger partial charge is 0.268 e. The van der Waals surface area contributed by atoms with E-state index >= 15 is 0 Å². The van der Waals surface area contributed by atoms with Crippen molar-refractivity contribution in [1.29, 1.82) is 0 Å². The standard InChI is InChI=1S/C24H22N2O4/c1-16-10-12-17(13-11-16)24(29)20-8-3-4-9-21(20)26(23(24)28)15-22(27)25-18-6-5-7-19(14-18)30-2/h3-14,29H,15H2,1-2H3,(H,25,27)/t24-/m1/s1. The number of hydrogen-bond donors (Lipinski definition) is 2. The van der Waals surface area contributed by atoms with E-state index in [2.05, 4.69) is 5.32 Å². The van der Waals surface area contributed by atoms with Crippen molar-refractivity contribution in [1.82, 2.24) is 0 Å². The number of nitrogens with one attached hydrogen (secondary N) is 1. The van der Waals surface area contributed by atoms with Crippen LogP contribution >= 0.6 is 0 Å². The number of rotatable bonds is 5. The summed E-state index contributed by atoms with van der Waals surface area (Å²) in [6, 6.07) is 21.1. The van der Waals surface area contributed by atoms with Crippen LogP contribution in [0.25, 0.3) is 0 Å². The van der Waals surface area contributed by atoms with Gasteiger partial charge in [-0.25, -0.2) is 0 Å². The summed E-state index contributed by atoms with van der Waals surface area (Å²) in [4.78, 5) is 27.3. The Kier molecular flexibility index (Phi) is 5.01. The zero-order chi connectivity index (χ0) is 21.3. The highest BCUT2D eigenvalue weighted by Crippen LogP contribution is 2.44. The van der Waals surface area contributed by atoms with E-state index in [0.717, 1.165) is 5.56 Å². The molecule has 0 fully saturated rings. The number of benzene rings is 3. The first-order valence-electron chi connectivity index (χ1n) is 9.58. The van der Waals surface area contributed by atoms with E-state index in [1.807, 2.05) is 19.1 Å². The van der Waals surface area contributed by atoms with Crippen LogP contribution in [0.4, 0.5) is 11.4 Å². The molecule has 0 bridgehead atoms. The van der Waals surface area contributed by atoms with Crippen molar-refractivity contribution >= 4 is 23.2 Å². The first kappa shape index (κ1) is 19.7. The van der Waals surface area contributed by atoms with Crippen molar-refractivity contribution < 1.29 is 19.4 Å². The molecule has 30 heavy (non-hydrogen) atoms. The monoisotopic (exact) mass is 402 g/mol. The Balaban J connectivity index is 1.63. The van der Waals surface area contributed by atoms with E-state index < -0.39 is 11.5 Å². The average Bonchev–Trinajstić information content (AvgIpc) is 2.97. The van der Waals surface area contributed by atoms with E-state index in [0.29, 0.717) is 28.3 Å². The van der Waals surface area contributed by atoms with Crippen LogP contribution < -0.4 is 15.0 Å². The van der Waals surface area contributed by atoms with E-state index in [1.165, 1.54) is 4.90 Å². The van der Waals surface area contributed by atoms with Gasteiger partial charge in [-0.1, -0.05) is 54.1 Å². The van der Waals surface area contributed by atoms with Crippen LogP contribution in [-0.4, -0.2) is 30.6 Å². The molecular formula is C24H22N2O4. The van der Waals surface area contributed by atoms with Gasteiger partial charge >= 0.3 is 0 Å². The largest absolute Gasteiger partial charge is 0.497 e. The minimum atomic E-state index is -1.83. The maximum Gasteiger partial charge on any atom is 0.268 e. The number of carbonyl (C=O) groups is 2. The van der Waals surface area contributed by atoms with Crippen LogP contribution in [0.3, 0.4) is 0 Å². The van der Waals surface area contributed by atoms with E-state index in [9.17, 15) is 14.7 Å². The Morgan fingerprint density at radius 2 is 1.80 bits per heavy atom. The fourth-order valence-corrected chi connectivity index (χ4v) is 3.71. The van der Waals surface area contributed by atoms with Crippen molar-refractivity contribution in [2.45, 2.75) is 12.5 Å². The lowest BCUT2D eigenvalue weighted by Gasteiger charge is -2.23. The molecule has 3 aromatic carbocycles. The molecule has 1 heterocycles. The highest BCUT2D eigenvalue weighted by Gasteiger charge is 2.51. The van der Waals surface area contributed by atoms with Gasteiger partial charge in [0.15, 0.2) is 5.60 Å². The number of aliphatic hydroxyl groups is 1. The molecule has 0 spiro atoms. The van der Waals surface area contributed by atoms with Crippen LogP contribution in [-0.2, 0) is 15.2 Å². The number of carbonyl (C=O) groups excluding carboxylic acids is 2. The molecule has 1 aliphatic rings. The van der Waals surface area contributed by atoms with Gasteiger partial charge in [-0.15, -0.1) is 0 Å². The normalized spacial score (nSPS) is 17.6. The third-order valence-corrected chi connectivity index (χ3v) is 5.26. The summed E-state index contributed by atoms with van der Waals surface area (Å²) in [6.45, 7) is 1.72. The number of nitrogens with zero attached hydrogens (tertiary/aromatic N) is 1. The number of ether oxygens (including phenoxy) is 1. The van der Waals surface area contributed by atoms with Gasteiger partial charge in [-0.3, -0.25) is 14.5 Å². The van der Waals surface area contributed by atoms with Gasteiger partial charge in [0.1, 0.15) is 12.3 Å². The Morgan fingerprint density at radius 3 is 2.53 bits per heavy atom. The van der Waals surface area contributed by atoms with Gasteiger partial charge in [-0.2, -0.15) is 0 Å². The quantitative estimate of drug-likeness (QED) is 0.687. The first-order valence-corrected chi connectivity index (χ1v) is 9.58. The van der Waals surface area contributed by atoms with Crippen LogP contribution in [0, 0.1) is 6.92 Å². The molecule has 0 unspecified atom stereocenters. The zero-order valence-corrected chi connectivity index (χ0v) is 16.8. The fourth-order valence-electron chi connectivity index (χ4n) is 3.71. The molecule has 6 nitrogen and oxygen atoms in total. The van der Waals surface area contributed by atoms with Gasteiger partial charge in [0.25, 0.3) is 5.91 Å². The number of fused-ring (bicyclic) bond motifs is 1. The predicted octanol–water partition coefficient (Wildman–Crippen LogP) is 3.22. The van der Waals surface area contributed by atoms with Crippen molar-refractivity contribution in [2.24, 2.45) is 0 Å². The predicted molar refractivity (Wildman–Crippen MR) is 115 cm³/mol. The van der Waals surface area contributed by atoms with Gasteiger partial charge in [0.05, 0.1) is 12.8 Å². The van der Waals surface area contributed by atoms with Crippen molar-refractivity contribution in [3.63, 3.8) is 0 Å². The molecular weight excluding hydrogens is 380 g/mol. The SMILES string of the molecule is COc1cccc(NC(=O)CN2C(=O)[C@@](O)(c3ccc(C)cc3)c3ccccc32)c1. The third kappa shape index (κ3) is 3.31. The molecule has 152 valence electrons. The lowest BCUT2D eigenvalue weighted by atomic mass is 9.87. The number of methoxy groups -OCH3 is 1. The second kappa shape index (κ2) is 7.65. The second-order valence-electron chi connectivity index (χ2n) is 7.27. The molecule has 2 amide bonds. The minimum Gasteiger partial charge on any atom is -0.497 e. The summed E-state index contributed by atoms with van der Waals surface area (Å²) in [5.41, 5.74) is 1.21. The molecule has 2 N–H and O–H groups in total.